The minimum Gasteiger partial charge on any atom is -0.369 e. The molecule has 1 rings (SSSR count). The van der Waals surface area contributed by atoms with Crippen LogP contribution in [-0.4, -0.2) is 33.2 Å². The zero-order valence-corrected chi connectivity index (χ0v) is 9.10. The molecule has 0 aromatic rings. The second kappa shape index (κ2) is 4.73. The van der Waals surface area contributed by atoms with Gasteiger partial charge in [0.05, 0.1) is 6.42 Å². The molecule has 0 fully saturated rings. The Morgan fingerprint density at radius 1 is 1.53 bits per heavy atom. The molecule has 0 aromatic heterocycles. The van der Waals surface area contributed by atoms with Crippen LogP contribution in [-0.2, 0) is 15.8 Å². The average molecular weight is 271 g/mol. The lowest BCUT2D eigenvalue weighted by molar-refractivity contribution is -0.132. The fraction of sp³-hybridized carbons (Fsp3) is 0.429. The van der Waals surface area contributed by atoms with E-state index in [1.807, 2.05) is 5.32 Å². The van der Waals surface area contributed by atoms with E-state index in [0.717, 1.165) is 5.41 Å². The van der Waals surface area contributed by atoms with Crippen LogP contribution in [0.5, 0.6) is 0 Å². The molecule has 3 amide bonds. The van der Waals surface area contributed by atoms with Gasteiger partial charge in [-0.25, -0.2) is 13.3 Å². The number of urea groups is 1. The standard InChI is InChI=1S/C7H8F3N3O3S/c8-7(9,10)3-13-6(15)12-4(1-5(11)14)2-17(13)16/h2H,1,3H2,(H2,11,14)(H,12,15). The molecule has 0 aromatic carbocycles. The Bertz CT molecular complexity index is 407. The van der Waals surface area contributed by atoms with Crippen molar-refractivity contribution in [1.82, 2.24) is 9.62 Å². The van der Waals surface area contributed by atoms with Crippen molar-refractivity contribution >= 4 is 22.9 Å². The molecule has 1 heterocycles. The number of hydrogen-bond acceptors (Lipinski definition) is 3. The molecular weight excluding hydrogens is 263 g/mol. The molecule has 0 saturated carbocycles. The number of nitrogens with two attached hydrogens (primary N) is 1. The third-order valence-electron chi connectivity index (χ3n) is 1.64. The van der Waals surface area contributed by atoms with Gasteiger partial charge in [0.2, 0.25) is 5.91 Å². The molecule has 0 aliphatic carbocycles. The monoisotopic (exact) mass is 271 g/mol. The van der Waals surface area contributed by atoms with Gasteiger partial charge in [-0.15, -0.1) is 0 Å². The van der Waals surface area contributed by atoms with Crippen molar-refractivity contribution in [2.75, 3.05) is 6.54 Å². The molecule has 1 unspecified atom stereocenters. The van der Waals surface area contributed by atoms with Crippen molar-refractivity contribution in [2.24, 2.45) is 5.73 Å². The summed E-state index contributed by atoms with van der Waals surface area (Å²) in [4.78, 5) is 21.7. The number of carbonyl (C=O) groups is 2. The van der Waals surface area contributed by atoms with Gasteiger partial charge in [-0.2, -0.15) is 13.2 Å². The van der Waals surface area contributed by atoms with Crippen LogP contribution in [0.2, 0.25) is 0 Å². The number of alkyl halides is 3. The first-order chi connectivity index (χ1) is 7.69. The molecule has 0 radical (unpaired) electrons. The highest BCUT2D eigenvalue weighted by atomic mass is 32.2. The molecule has 17 heavy (non-hydrogen) atoms. The Kier molecular flexibility index (Phi) is 3.76. The number of nitrogens with zero attached hydrogens (tertiary/aromatic N) is 1. The minimum absolute atomic E-state index is 0.0701. The SMILES string of the molecule is NC(=O)CC1=CS(=O)N(CC(F)(F)F)C(=O)N1. The first-order valence-corrected chi connectivity index (χ1v) is 5.41. The summed E-state index contributed by atoms with van der Waals surface area (Å²) in [5, 5.41) is 2.85. The first-order valence-electron chi connectivity index (χ1n) is 4.24. The van der Waals surface area contributed by atoms with Gasteiger partial charge in [0.25, 0.3) is 0 Å². The Balaban J connectivity index is 2.81. The van der Waals surface area contributed by atoms with Crippen LogP contribution in [0.15, 0.2) is 11.1 Å². The highest BCUT2D eigenvalue weighted by molar-refractivity contribution is 7.86. The topological polar surface area (TPSA) is 92.5 Å². The van der Waals surface area contributed by atoms with Crippen molar-refractivity contribution in [3.63, 3.8) is 0 Å². The highest BCUT2D eigenvalue weighted by Gasteiger charge is 2.37. The quantitative estimate of drug-likeness (QED) is 0.754. The van der Waals surface area contributed by atoms with E-state index in [1.165, 1.54) is 0 Å². The zero-order chi connectivity index (χ0) is 13.2. The zero-order valence-electron chi connectivity index (χ0n) is 8.28. The molecule has 3 N–H and O–H groups in total. The highest BCUT2D eigenvalue weighted by Crippen LogP contribution is 2.20. The fourth-order valence-electron chi connectivity index (χ4n) is 1.07. The second-order valence-electron chi connectivity index (χ2n) is 3.14. The van der Waals surface area contributed by atoms with Gasteiger partial charge in [-0.1, -0.05) is 0 Å². The summed E-state index contributed by atoms with van der Waals surface area (Å²) < 4.78 is 47.6. The maximum absolute atomic E-state index is 12.0. The van der Waals surface area contributed by atoms with E-state index < -0.39 is 42.1 Å². The molecule has 1 aliphatic rings. The van der Waals surface area contributed by atoms with Crippen molar-refractivity contribution in [3.05, 3.63) is 11.1 Å². The van der Waals surface area contributed by atoms with Gasteiger partial charge in [0.15, 0.2) is 11.0 Å². The van der Waals surface area contributed by atoms with Crippen molar-refractivity contribution in [3.8, 4) is 0 Å². The van der Waals surface area contributed by atoms with Gasteiger partial charge in [-0.3, -0.25) is 4.79 Å². The Hall–Kier alpha value is -1.58. The van der Waals surface area contributed by atoms with Crippen molar-refractivity contribution < 1.29 is 27.0 Å². The summed E-state index contributed by atoms with van der Waals surface area (Å²) in [5.41, 5.74) is 4.76. The van der Waals surface area contributed by atoms with Crippen LogP contribution < -0.4 is 11.1 Å². The second-order valence-corrected chi connectivity index (χ2v) is 4.37. The van der Waals surface area contributed by atoms with Gasteiger partial charge >= 0.3 is 12.2 Å². The molecular formula is C7H8F3N3O3S. The largest absolute Gasteiger partial charge is 0.407 e. The summed E-state index contributed by atoms with van der Waals surface area (Å²) in [6.07, 6.45) is -5.04. The van der Waals surface area contributed by atoms with Crippen LogP contribution in [0.1, 0.15) is 6.42 Å². The molecule has 96 valence electrons. The number of hydrogen-bond donors (Lipinski definition) is 2. The lowest BCUT2D eigenvalue weighted by Crippen LogP contribution is -2.48. The molecule has 1 aliphatic heterocycles. The number of carbonyl (C=O) groups excluding carboxylic acids is 2. The first kappa shape index (κ1) is 13.5. The van der Waals surface area contributed by atoms with Crippen LogP contribution in [0.25, 0.3) is 0 Å². The van der Waals surface area contributed by atoms with Gasteiger partial charge < -0.3 is 11.1 Å². The summed E-state index contributed by atoms with van der Waals surface area (Å²) in [6, 6.07) is -1.18. The number of nitrogens with one attached hydrogen (secondary N) is 1. The molecule has 6 nitrogen and oxygen atoms in total. The van der Waals surface area contributed by atoms with E-state index in [9.17, 15) is 27.0 Å². The van der Waals surface area contributed by atoms with E-state index >= 15 is 0 Å². The smallest absolute Gasteiger partial charge is 0.369 e. The maximum atomic E-state index is 12.0. The van der Waals surface area contributed by atoms with E-state index in [0.29, 0.717) is 0 Å². The Morgan fingerprint density at radius 2 is 2.12 bits per heavy atom. The number of primary amides is 1. The number of rotatable bonds is 3. The lowest BCUT2D eigenvalue weighted by atomic mass is 10.3. The molecule has 0 spiro atoms. The Morgan fingerprint density at radius 3 is 2.53 bits per heavy atom. The van der Waals surface area contributed by atoms with Gasteiger partial charge in [0, 0.05) is 11.1 Å². The predicted octanol–water partition coefficient (Wildman–Crippen LogP) is -0.0456. The normalized spacial score (nSPS) is 20.9. The third-order valence-corrected chi connectivity index (χ3v) is 2.86. The number of halogens is 3. The average Bonchev–Trinajstić information content (AvgIpc) is 2.08. The van der Waals surface area contributed by atoms with Crippen LogP contribution in [0, 0.1) is 0 Å². The van der Waals surface area contributed by atoms with Crippen LogP contribution in [0.3, 0.4) is 0 Å². The fourth-order valence-corrected chi connectivity index (χ4v) is 2.06. The molecule has 1 atom stereocenters. The van der Waals surface area contributed by atoms with E-state index in [2.05, 4.69) is 0 Å². The van der Waals surface area contributed by atoms with Crippen LogP contribution >= 0.6 is 0 Å². The van der Waals surface area contributed by atoms with E-state index in [1.54, 1.807) is 0 Å². The predicted molar refractivity (Wildman–Crippen MR) is 51.3 cm³/mol. The number of amides is 3. The molecule has 0 saturated heterocycles. The lowest BCUT2D eigenvalue weighted by Gasteiger charge is -2.26. The van der Waals surface area contributed by atoms with Crippen molar-refractivity contribution in [2.45, 2.75) is 12.6 Å². The van der Waals surface area contributed by atoms with Crippen LogP contribution in [0.4, 0.5) is 18.0 Å². The van der Waals surface area contributed by atoms with E-state index in [4.69, 9.17) is 5.73 Å². The van der Waals surface area contributed by atoms with Gasteiger partial charge in [0.1, 0.15) is 6.54 Å². The Labute approximate surface area is 96.2 Å². The minimum atomic E-state index is -4.65. The molecule has 10 heteroatoms. The summed E-state index contributed by atoms with van der Waals surface area (Å²) >= 11 is 0. The van der Waals surface area contributed by atoms with Gasteiger partial charge in [-0.05, 0) is 0 Å². The van der Waals surface area contributed by atoms with Crippen molar-refractivity contribution in [1.29, 1.82) is 0 Å². The summed E-state index contributed by atoms with van der Waals surface area (Å²) in [5.74, 6) is -0.794. The summed E-state index contributed by atoms with van der Waals surface area (Å²) in [6.45, 7) is -1.63. The third kappa shape index (κ3) is 4.06. The maximum Gasteiger partial charge on any atom is 0.407 e. The summed E-state index contributed by atoms with van der Waals surface area (Å²) in [7, 11) is -2.27. The molecule has 0 bridgehead atoms. The van der Waals surface area contributed by atoms with E-state index in [-0.39, 0.29) is 10.0 Å².